The Morgan fingerprint density at radius 3 is 2.62 bits per heavy atom. The summed E-state index contributed by atoms with van der Waals surface area (Å²) in [6.07, 6.45) is 0. The van der Waals surface area contributed by atoms with Gasteiger partial charge in [-0.25, -0.2) is 8.78 Å². The van der Waals surface area contributed by atoms with Gasteiger partial charge in [0.15, 0.2) is 0 Å². The molecular weight excluding hydrogens is 278 g/mol. The van der Waals surface area contributed by atoms with Crippen molar-refractivity contribution >= 4 is 15.9 Å². The minimum Gasteiger partial charge on any atom is -0.329 e. The molecule has 1 aromatic rings. The summed E-state index contributed by atoms with van der Waals surface area (Å²) in [4.78, 5) is 1.81. The third kappa shape index (κ3) is 2.99. The quantitative estimate of drug-likeness (QED) is 0.864. The number of hydrogen-bond acceptors (Lipinski definition) is 2. The van der Waals surface area contributed by atoms with Gasteiger partial charge in [-0.3, -0.25) is 4.90 Å². The number of hydrogen-bond donors (Lipinski definition) is 1. The van der Waals surface area contributed by atoms with E-state index in [1.54, 1.807) is 7.05 Å². The maximum absolute atomic E-state index is 13.6. The Balaban J connectivity index is 2.92. The van der Waals surface area contributed by atoms with Crippen molar-refractivity contribution in [2.75, 3.05) is 13.6 Å². The van der Waals surface area contributed by atoms with Gasteiger partial charge in [0.05, 0.1) is 4.47 Å². The summed E-state index contributed by atoms with van der Waals surface area (Å²) in [5, 5.41) is 0. The van der Waals surface area contributed by atoms with Crippen LogP contribution in [0.25, 0.3) is 0 Å². The predicted octanol–water partition coefficient (Wildman–Crippen LogP) is 2.51. The molecule has 0 heterocycles. The summed E-state index contributed by atoms with van der Waals surface area (Å²) in [7, 11) is 1.79. The van der Waals surface area contributed by atoms with Crippen LogP contribution in [-0.4, -0.2) is 24.5 Å². The van der Waals surface area contributed by atoms with Crippen LogP contribution in [0.5, 0.6) is 0 Å². The average molecular weight is 293 g/mol. The second-order valence-electron chi connectivity index (χ2n) is 3.82. The third-order valence-corrected chi connectivity index (χ3v) is 3.25. The lowest BCUT2D eigenvalue weighted by Gasteiger charge is -2.23. The van der Waals surface area contributed by atoms with Crippen molar-refractivity contribution in [1.82, 2.24) is 4.90 Å². The minimum absolute atomic E-state index is 0.0668. The van der Waals surface area contributed by atoms with Gasteiger partial charge in [0.1, 0.15) is 11.6 Å². The number of likely N-dealkylation sites (N-methyl/N-ethyl adjacent to an activating group) is 1. The lowest BCUT2D eigenvalue weighted by Crippen LogP contribution is -2.35. The lowest BCUT2D eigenvalue weighted by molar-refractivity contribution is 0.247. The zero-order valence-corrected chi connectivity index (χ0v) is 10.9. The first kappa shape index (κ1) is 13.5. The third-order valence-electron chi connectivity index (χ3n) is 2.64. The summed E-state index contributed by atoms with van der Waals surface area (Å²) in [5.74, 6) is -1.08. The van der Waals surface area contributed by atoms with Crippen LogP contribution in [0.3, 0.4) is 0 Å². The molecule has 0 aliphatic heterocycles. The molecule has 1 aromatic carbocycles. The van der Waals surface area contributed by atoms with E-state index in [4.69, 9.17) is 5.73 Å². The van der Waals surface area contributed by atoms with E-state index >= 15 is 0 Å². The van der Waals surface area contributed by atoms with Gasteiger partial charge in [0, 0.05) is 24.7 Å². The van der Waals surface area contributed by atoms with Crippen LogP contribution in [-0.2, 0) is 6.54 Å². The minimum atomic E-state index is -0.545. The maximum Gasteiger partial charge on any atom is 0.144 e. The molecular formula is C11H15BrF2N2. The molecule has 0 aliphatic carbocycles. The molecule has 90 valence electrons. The van der Waals surface area contributed by atoms with Crippen LogP contribution < -0.4 is 5.73 Å². The SMILES string of the molecule is CC(CN)N(C)Cc1c(F)ccc(Br)c1F. The Kier molecular flexibility index (Phi) is 4.83. The number of benzene rings is 1. The molecule has 5 heteroatoms. The molecule has 1 unspecified atom stereocenters. The molecule has 16 heavy (non-hydrogen) atoms. The molecule has 0 bridgehead atoms. The van der Waals surface area contributed by atoms with E-state index < -0.39 is 11.6 Å². The topological polar surface area (TPSA) is 29.3 Å². The molecule has 0 fully saturated rings. The van der Waals surface area contributed by atoms with E-state index in [0.29, 0.717) is 6.54 Å². The van der Waals surface area contributed by atoms with E-state index in [0.717, 1.165) is 0 Å². The second kappa shape index (κ2) is 5.70. The fourth-order valence-electron chi connectivity index (χ4n) is 1.30. The first-order valence-corrected chi connectivity index (χ1v) is 5.79. The number of halogens is 3. The standard InChI is InChI=1S/C11H15BrF2N2/c1-7(5-15)16(2)6-8-10(13)4-3-9(12)11(8)14/h3-4,7H,5-6,15H2,1-2H3. The van der Waals surface area contributed by atoms with Crippen LogP contribution in [0, 0.1) is 11.6 Å². The molecule has 2 N–H and O–H groups in total. The highest BCUT2D eigenvalue weighted by Crippen LogP contribution is 2.22. The first-order chi connectivity index (χ1) is 7.47. The number of rotatable bonds is 4. The number of nitrogens with zero attached hydrogens (tertiary/aromatic N) is 1. The van der Waals surface area contributed by atoms with Crippen LogP contribution in [0.1, 0.15) is 12.5 Å². The van der Waals surface area contributed by atoms with Gasteiger partial charge in [-0.15, -0.1) is 0 Å². The molecule has 0 aliphatic rings. The highest BCUT2D eigenvalue weighted by molar-refractivity contribution is 9.10. The summed E-state index contributed by atoms with van der Waals surface area (Å²) in [5.41, 5.74) is 5.56. The van der Waals surface area contributed by atoms with Gasteiger partial charge >= 0.3 is 0 Å². The summed E-state index contributed by atoms with van der Waals surface area (Å²) >= 11 is 3.04. The van der Waals surface area contributed by atoms with Crippen molar-refractivity contribution in [3.63, 3.8) is 0 Å². The molecule has 1 rings (SSSR count). The maximum atomic E-state index is 13.6. The van der Waals surface area contributed by atoms with Crippen molar-refractivity contribution in [2.24, 2.45) is 5.73 Å². The largest absolute Gasteiger partial charge is 0.329 e. The van der Waals surface area contributed by atoms with Crippen molar-refractivity contribution in [1.29, 1.82) is 0 Å². The van der Waals surface area contributed by atoms with Crippen molar-refractivity contribution in [3.8, 4) is 0 Å². The molecule has 0 saturated heterocycles. The normalized spacial score (nSPS) is 13.2. The zero-order chi connectivity index (χ0) is 12.3. The van der Waals surface area contributed by atoms with Crippen molar-refractivity contribution < 1.29 is 8.78 Å². The average Bonchev–Trinajstić information content (AvgIpc) is 2.28. The van der Waals surface area contributed by atoms with Gasteiger partial charge in [0.2, 0.25) is 0 Å². The van der Waals surface area contributed by atoms with Crippen molar-refractivity contribution in [3.05, 3.63) is 33.8 Å². The smallest absolute Gasteiger partial charge is 0.144 e. The van der Waals surface area contributed by atoms with E-state index in [1.807, 2.05) is 11.8 Å². The fraction of sp³-hybridized carbons (Fsp3) is 0.455. The molecule has 0 saturated carbocycles. The van der Waals surface area contributed by atoms with Gasteiger partial charge < -0.3 is 5.73 Å². The molecule has 1 atom stereocenters. The highest BCUT2D eigenvalue weighted by atomic mass is 79.9. The van der Waals surface area contributed by atoms with Crippen LogP contribution in [0.2, 0.25) is 0 Å². The monoisotopic (exact) mass is 292 g/mol. The van der Waals surface area contributed by atoms with Crippen LogP contribution >= 0.6 is 15.9 Å². The van der Waals surface area contributed by atoms with Crippen molar-refractivity contribution in [2.45, 2.75) is 19.5 Å². The molecule has 0 aromatic heterocycles. The highest BCUT2D eigenvalue weighted by Gasteiger charge is 2.16. The van der Waals surface area contributed by atoms with Gasteiger partial charge in [-0.05, 0) is 42.0 Å². The van der Waals surface area contributed by atoms with Crippen LogP contribution in [0.15, 0.2) is 16.6 Å². The molecule has 0 spiro atoms. The molecule has 0 radical (unpaired) electrons. The Morgan fingerprint density at radius 1 is 1.44 bits per heavy atom. The zero-order valence-electron chi connectivity index (χ0n) is 9.30. The Morgan fingerprint density at radius 2 is 2.06 bits per heavy atom. The van der Waals surface area contributed by atoms with E-state index in [1.165, 1.54) is 12.1 Å². The van der Waals surface area contributed by atoms with Crippen LogP contribution in [0.4, 0.5) is 8.78 Å². The second-order valence-corrected chi connectivity index (χ2v) is 4.68. The van der Waals surface area contributed by atoms with Gasteiger partial charge in [-0.1, -0.05) is 0 Å². The summed E-state index contributed by atoms with van der Waals surface area (Å²) < 4.78 is 27.4. The predicted molar refractivity (Wildman–Crippen MR) is 64.0 cm³/mol. The first-order valence-electron chi connectivity index (χ1n) is 5.00. The fourth-order valence-corrected chi connectivity index (χ4v) is 1.67. The number of nitrogens with two attached hydrogens (primary N) is 1. The lowest BCUT2D eigenvalue weighted by atomic mass is 10.1. The Bertz CT molecular complexity index is 371. The van der Waals surface area contributed by atoms with Gasteiger partial charge in [0.25, 0.3) is 0 Å². The summed E-state index contributed by atoms with van der Waals surface area (Å²) in [6, 6.07) is 2.70. The molecule has 2 nitrogen and oxygen atoms in total. The van der Waals surface area contributed by atoms with Gasteiger partial charge in [-0.2, -0.15) is 0 Å². The Labute approximate surface area is 103 Å². The van der Waals surface area contributed by atoms with E-state index in [2.05, 4.69) is 15.9 Å². The Hall–Kier alpha value is -0.520. The van der Waals surface area contributed by atoms with E-state index in [-0.39, 0.29) is 22.6 Å². The molecule has 0 amide bonds. The van der Waals surface area contributed by atoms with E-state index in [9.17, 15) is 8.78 Å². The summed E-state index contributed by atoms with van der Waals surface area (Å²) in [6.45, 7) is 2.57.